The highest BCUT2D eigenvalue weighted by Crippen LogP contribution is 2.34. The van der Waals surface area contributed by atoms with Gasteiger partial charge in [0.1, 0.15) is 11.5 Å². The number of nitrogens with one attached hydrogen (secondary N) is 1. The van der Waals surface area contributed by atoms with E-state index in [1.165, 1.54) is 51.7 Å². The first-order chi connectivity index (χ1) is 12.4. The predicted molar refractivity (Wildman–Crippen MR) is 92.0 cm³/mol. The van der Waals surface area contributed by atoms with Gasteiger partial charge in [-0.2, -0.15) is 0 Å². The molecule has 0 radical (unpaired) electrons. The number of ether oxygens (including phenoxy) is 3. The summed E-state index contributed by atoms with van der Waals surface area (Å²) in [6, 6.07) is 6.55. The largest absolute Gasteiger partial charge is 0.508 e. The minimum absolute atomic E-state index is 0.107. The van der Waals surface area contributed by atoms with Crippen LogP contribution >= 0.6 is 0 Å². The maximum absolute atomic E-state index is 12.5. The molecule has 0 aliphatic heterocycles. The number of hydrogen-bond acceptors (Lipinski definition) is 7. The molecule has 0 spiro atoms. The molecule has 0 heterocycles. The quantitative estimate of drug-likeness (QED) is 0.572. The van der Waals surface area contributed by atoms with E-state index in [4.69, 9.17) is 14.2 Å². The first-order valence-electron chi connectivity index (χ1n) is 7.45. The Labute approximate surface area is 149 Å². The Morgan fingerprint density at radius 1 is 1.08 bits per heavy atom. The summed E-state index contributed by atoms with van der Waals surface area (Å²) in [4.78, 5) is 22.7. The van der Waals surface area contributed by atoms with Crippen molar-refractivity contribution in [2.45, 2.75) is 6.54 Å². The Morgan fingerprint density at radius 3 is 2.27 bits per heavy atom. The molecular formula is C17H18N2O7. The molecule has 1 amide bonds. The molecule has 0 unspecified atom stereocenters. The highest BCUT2D eigenvalue weighted by molar-refractivity contribution is 5.97. The lowest BCUT2D eigenvalue weighted by molar-refractivity contribution is -0.384. The van der Waals surface area contributed by atoms with E-state index in [0.29, 0.717) is 11.5 Å². The van der Waals surface area contributed by atoms with Crippen molar-refractivity contribution in [3.8, 4) is 23.0 Å². The highest BCUT2D eigenvalue weighted by atomic mass is 16.6. The van der Waals surface area contributed by atoms with Crippen LogP contribution in [0.25, 0.3) is 0 Å². The number of benzene rings is 2. The number of rotatable bonds is 7. The molecule has 138 valence electrons. The molecule has 9 nitrogen and oxygen atoms in total. The molecule has 0 saturated heterocycles. The van der Waals surface area contributed by atoms with E-state index in [1.54, 1.807) is 0 Å². The van der Waals surface area contributed by atoms with Crippen molar-refractivity contribution < 1.29 is 29.0 Å². The molecule has 26 heavy (non-hydrogen) atoms. The van der Waals surface area contributed by atoms with Gasteiger partial charge in [-0.05, 0) is 6.07 Å². The molecule has 2 aromatic carbocycles. The van der Waals surface area contributed by atoms with Crippen molar-refractivity contribution >= 4 is 11.6 Å². The summed E-state index contributed by atoms with van der Waals surface area (Å²) in [5.74, 6) is 0.348. The average Bonchev–Trinajstić information content (AvgIpc) is 2.65. The number of hydrogen-bond donors (Lipinski definition) is 2. The summed E-state index contributed by atoms with van der Waals surface area (Å²) in [6.45, 7) is -0.107. The maximum Gasteiger partial charge on any atom is 0.270 e. The standard InChI is InChI=1S/C17H18N2O7/c1-24-14-8-16(26-3)15(25-2)7-12(14)17(21)18-9-10-6-11(19(22)23)4-5-13(10)20/h4-8,20H,9H2,1-3H3,(H,18,21). The number of aromatic hydroxyl groups is 1. The Bertz CT molecular complexity index is 836. The number of carbonyl (C=O) groups is 1. The van der Waals surface area contributed by atoms with Crippen molar-refractivity contribution in [1.82, 2.24) is 5.32 Å². The van der Waals surface area contributed by atoms with Gasteiger partial charge in [0.25, 0.3) is 11.6 Å². The van der Waals surface area contributed by atoms with Crippen LogP contribution in [-0.4, -0.2) is 37.3 Å². The van der Waals surface area contributed by atoms with Gasteiger partial charge in [0, 0.05) is 36.4 Å². The van der Waals surface area contributed by atoms with E-state index in [0.717, 1.165) is 0 Å². The third-order valence-electron chi connectivity index (χ3n) is 3.66. The summed E-state index contributed by atoms with van der Waals surface area (Å²) in [5, 5.41) is 23.2. The van der Waals surface area contributed by atoms with Crippen LogP contribution in [0.15, 0.2) is 30.3 Å². The molecule has 2 rings (SSSR count). The molecule has 9 heteroatoms. The Kier molecular flexibility index (Phi) is 5.84. The van der Waals surface area contributed by atoms with Crippen molar-refractivity contribution in [1.29, 1.82) is 0 Å². The topological polar surface area (TPSA) is 120 Å². The van der Waals surface area contributed by atoms with E-state index >= 15 is 0 Å². The zero-order chi connectivity index (χ0) is 19.3. The Morgan fingerprint density at radius 2 is 1.69 bits per heavy atom. The van der Waals surface area contributed by atoms with Crippen LogP contribution in [0.3, 0.4) is 0 Å². The van der Waals surface area contributed by atoms with Gasteiger partial charge in [0.05, 0.1) is 31.8 Å². The molecule has 2 N–H and O–H groups in total. The zero-order valence-electron chi connectivity index (χ0n) is 14.4. The SMILES string of the molecule is COc1cc(OC)c(C(=O)NCc2cc([N+](=O)[O-])ccc2O)cc1OC. The Balaban J connectivity index is 2.25. The molecule has 0 aromatic heterocycles. The van der Waals surface area contributed by atoms with Crippen molar-refractivity contribution in [2.24, 2.45) is 0 Å². The normalized spacial score (nSPS) is 10.1. The van der Waals surface area contributed by atoms with Gasteiger partial charge in [-0.3, -0.25) is 14.9 Å². The zero-order valence-corrected chi connectivity index (χ0v) is 14.4. The molecule has 2 aromatic rings. The predicted octanol–water partition coefficient (Wildman–Crippen LogP) is 2.26. The van der Waals surface area contributed by atoms with E-state index in [1.807, 2.05) is 0 Å². The van der Waals surface area contributed by atoms with Gasteiger partial charge < -0.3 is 24.6 Å². The summed E-state index contributed by atoms with van der Waals surface area (Å²) >= 11 is 0. The molecular weight excluding hydrogens is 344 g/mol. The second-order valence-corrected chi connectivity index (χ2v) is 5.16. The lowest BCUT2D eigenvalue weighted by Crippen LogP contribution is -2.23. The van der Waals surface area contributed by atoms with Crippen molar-refractivity contribution in [2.75, 3.05) is 21.3 Å². The number of non-ortho nitro benzene ring substituents is 1. The van der Waals surface area contributed by atoms with Crippen LogP contribution in [0.5, 0.6) is 23.0 Å². The third-order valence-corrected chi connectivity index (χ3v) is 3.66. The van der Waals surface area contributed by atoms with E-state index < -0.39 is 10.8 Å². The minimum Gasteiger partial charge on any atom is -0.508 e. The second kappa shape index (κ2) is 8.06. The van der Waals surface area contributed by atoms with Crippen LogP contribution in [0.1, 0.15) is 15.9 Å². The van der Waals surface area contributed by atoms with Crippen molar-refractivity contribution in [3.05, 3.63) is 51.6 Å². The van der Waals surface area contributed by atoms with Gasteiger partial charge in [0.15, 0.2) is 11.5 Å². The van der Waals surface area contributed by atoms with Gasteiger partial charge in [-0.25, -0.2) is 0 Å². The third kappa shape index (κ3) is 3.94. The lowest BCUT2D eigenvalue weighted by Gasteiger charge is -2.14. The van der Waals surface area contributed by atoms with E-state index in [-0.39, 0.29) is 34.9 Å². The van der Waals surface area contributed by atoms with Crippen LogP contribution in [-0.2, 0) is 6.54 Å². The van der Waals surface area contributed by atoms with Crippen LogP contribution in [0.4, 0.5) is 5.69 Å². The molecule has 0 bridgehead atoms. The van der Waals surface area contributed by atoms with E-state index in [9.17, 15) is 20.0 Å². The molecule has 0 atom stereocenters. The van der Waals surface area contributed by atoms with E-state index in [2.05, 4.69) is 5.32 Å². The van der Waals surface area contributed by atoms with Crippen LogP contribution in [0.2, 0.25) is 0 Å². The number of nitro benzene ring substituents is 1. The summed E-state index contributed by atoms with van der Waals surface area (Å²) in [6.07, 6.45) is 0. The fourth-order valence-corrected chi connectivity index (χ4v) is 2.30. The summed E-state index contributed by atoms with van der Waals surface area (Å²) in [7, 11) is 4.31. The van der Waals surface area contributed by atoms with Crippen LogP contribution < -0.4 is 19.5 Å². The van der Waals surface area contributed by atoms with Gasteiger partial charge >= 0.3 is 0 Å². The number of nitro groups is 1. The summed E-state index contributed by atoms with van der Waals surface area (Å²) < 4.78 is 15.5. The first-order valence-corrected chi connectivity index (χ1v) is 7.45. The monoisotopic (exact) mass is 362 g/mol. The molecule has 0 saturated carbocycles. The number of phenols is 1. The highest BCUT2D eigenvalue weighted by Gasteiger charge is 2.18. The Hall–Kier alpha value is -3.49. The fourth-order valence-electron chi connectivity index (χ4n) is 2.30. The van der Waals surface area contributed by atoms with Gasteiger partial charge in [0.2, 0.25) is 0 Å². The number of phenolic OH excluding ortho intramolecular Hbond substituents is 1. The van der Waals surface area contributed by atoms with Crippen molar-refractivity contribution in [3.63, 3.8) is 0 Å². The van der Waals surface area contributed by atoms with Gasteiger partial charge in [-0.1, -0.05) is 0 Å². The second-order valence-electron chi connectivity index (χ2n) is 5.16. The minimum atomic E-state index is -0.581. The van der Waals surface area contributed by atoms with Crippen LogP contribution in [0, 0.1) is 10.1 Å². The number of carbonyl (C=O) groups excluding carboxylic acids is 1. The lowest BCUT2D eigenvalue weighted by atomic mass is 10.1. The van der Waals surface area contributed by atoms with Gasteiger partial charge in [-0.15, -0.1) is 0 Å². The number of methoxy groups -OCH3 is 3. The maximum atomic E-state index is 12.5. The number of nitrogens with zero attached hydrogens (tertiary/aromatic N) is 1. The average molecular weight is 362 g/mol. The molecule has 0 fully saturated rings. The fraction of sp³-hybridized carbons (Fsp3) is 0.235. The molecule has 0 aliphatic rings. The summed E-state index contributed by atoms with van der Waals surface area (Å²) in [5.41, 5.74) is 0.220. The smallest absolute Gasteiger partial charge is 0.270 e. The molecule has 0 aliphatic carbocycles. The first kappa shape index (κ1) is 18.8. The number of amides is 1.